The first-order valence-corrected chi connectivity index (χ1v) is 2.35. The van der Waals surface area contributed by atoms with E-state index in [4.69, 9.17) is 19.2 Å². The zero-order valence-electron chi connectivity index (χ0n) is 2.90. The molecule has 0 aliphatic rings. The largest absolute Gasteiger partial charge is 0.466 e. The molecule has 3 N–H and O–H groups in total. The van der Waals surface area contributed by atoms with Gasteiger partial charge in [-0.3, -0.25) is 0 Å². The van der Waals surface area contributed by atoms with Crippen molar-refractivity contribution in [2.45, 2.75) is 0 Å². The average Bonchev–Trinajstić information content (AvgIpc) is 0.722. The Labute approximate surface area is 54.9 Å². The minimum absolute atomic E-state index is 0. The normalized spacial score (nSPS) is 9.83. The molecule has 0 fully saturated rings. The number of rotatable bonds is 0. The molecule has 0 atom stereocenters. The molecule has 0 rings (SSSR count). The van der Waals surface area contributed by atoms with Gasteiger partial charge >= 0.3 is 7.82 Å². The summed E-state index contributed by atoms with van der Waals surface area (Å²) in [4.78, 5) is 21.6. The van der Waals surface area contributed by atoms with E-state index < -0.39 is 7.82 Å². The van der Waals surface area contributed by atoms with E-state index in [2.05, 4.69) is 0 Å². The van der Waals surface area contributed by atoms with Gasteiger partial charge in [0.2, 0.25) is 0 Å². The number of hydrogen-bond acceptors (Lipinski definition) is 1. The fraction of sp³-hybridized carbons (Fsp3) is 0. The molecule has 0 aromatic carbocycles. The van der Waals surface area contributed by atoms with Crippen molar-refractivity contribution in [3.8, 4) is 0 Å². The van der Waals surface area contributed by atoms with Crippen molar-refractivity contribution in [3.05, 3.63) is 0 Å². The van der Waals surface area contributed by atoms with Crippen molar-refractivity contribution in [2.75, 3.05) is 0 Å². The summed E-state index contributed by atoms with van der Waals surface area (Å²) in [5, 5.41) is 0. The summed E-state index contributed by atoms with van der Waals surface area (Å²) in [5.74, 6) is 0. The van der Waals surface area contributed by atoms with Crippen LogP contribution in [-0.4, -0.2) is 14.7 Å². The summed E-state index contributed by atoms with van der Waals surface area (Å²) < 4.78 is 8.88. The van der Waals surface area contributed by atoms with Gasteiger partial charge in [-0.2, -0.15) is 0 Å². The van der Waals surface area contributed by atoms with Crippen LogP contribution in [0.1, 0.15) is 0 Å². The van der Waals surface area contributed by atoms with E-state index in [1.54, 1.807) is 0 Å². The van der Waals surface area contributed by atoms with E-state index >= 15 is 0 Å². The van der Waals surface area contributed by atoms with Crippen molar-refractivity contribution < 1.29 is 46.9 Å². The SMILES string of the molecule is O=P(O)(O)O.[Hg]. The molecule has 34 valence electrons. The molecular formula is H3HgO4P. The predicted octanol–water partition coefficient (Wildman–Crippen LogP) is -0.931. The van der Waals surface area contributed by atoms with Gasteiger partial charge in [-0.25, -0.2) is 4.57 Å². The molecule has 0 heterocycles. The molecule has 4 nitrogen and oxygen atoms in total. The van der Waals surface area contributed by atoms with Gasteiger partial charge in [-0.1, -0.05) is 0 Å². The molecule has 0 amide bonds. The summed E-state index contributed by atoms with van der Waals surface area (Å²) in [5.41, 5.74) is 0. The maximum atomic E-state index is 8.88. The first-order valence-electron chi connectivity index (χ1n) is 0.783. The zero-order valence-corrected chi connectivity index (χ0v) is 9.30. The van der Waals surface area contributed by atoms with E-state index in [0.717, 1.165) is 0 Å². The van der Waals surface area contributed by atoms with Crippen LogP contribution in [0.3, 0.4) is 0 Å². The van der Waals surface area contributed by atoms with Gasteiger partial charge in [-0.05, 0) is 0 Å². The number of hydrogen-bond donors (Lipinski definition) is 3. The molecule has 0 aromatic rings. The Morgan fingerprint density at radius 1 is 1.17 bits per heavy atom. The third-order valence-corrected chi connectivity index (χ3v) is 0. The molecule has 0 spiro atoms. The molecule has 0 aromatic heterocycles. The monoisotopic (exact) mass is 300 g/mol. The van der Waals surface area contributed by atoms with Crippen LogP contribution in [0.2, 0.25) is 0 Å². The molecule has 0 bridgehead atoms. The van der Waals surface area contributed by atoms with E-state index in [-0.39, 0.29) is 27.7 Å². The fourth-order valence-electron chi connectivity index (χ4n) is 0. The van der Waals surface area contributed by atoms with Crippen molar-refractivity contribution in [3.63, 3.8) is 0 Å². The molecule has 0 aliphatic carbocycles. The summed E-state index contributed by atoms with van der Waals surface area (Å²) in [6.45, 7) is 0. The first kappa shape index (κ1) is 10.1. The van der Waals surface area contributed by atoms with Crippen molar-refractivity contribution in [1.29, 1.82) is 0 Å². The summed E-state index contributed by atoms with van der Waals surface area (Å²) in [6, 6.07) is 0. The standard InChI is InChI=1S/Hg.H3O4P/c;1-5(2,3)4/h;(H3,1,2,3,4). The third kappa shape index (κ3) is 75.6. The van der Waals surface area contributed by atoms with E-state index in [9.17, 15) is 0 Å². The Morgan fingerprint density at radius 2 is 1.17 bits per heavy atom. The molecule has 0 saturated carbocycles. The smallest absolute Gasteiger partial charge is 0.303 e. The Bertz CT molecular complexity index is 53.7. The summed E-state index contributed by atoms with van der Waals surface area (Å²) in [7, 11) is -4.64. The Kier molecular flexibility index (Phi) is 5.23. The van der Waals surface area contributed by atoms with Crippen molar-refractivity contribution >= 4 is 7.82 Å². The van der Waals surface area contributed by atoms with Crippen LogP contribution in [0.15, 0.2) is 0 Å². The molecule has 0 saturated heterocycles. The second kappa shape index (κ2) is 3.10. The number of phosphoric acid groups is 1. The quantitative estimate of drug-likeness (QED) is 0.399. The van der Waals surface area contributed by atoms with E-state index in [1.165, 1.54) is 0 Å². The van der Waals surface area contributed by atoms with Crippen LogP contribution in [0.25, 0.3) is 0 Å². The van der Waals surface area contributed by atoms with Gasteiger partial charge < -0.3 is 14.7 Å². The van der Waals surface area contributed by atoms with Crippen molar-refractivity contribution in [2.24, 2.45) is 0 Å². The van der Waals surface area contributed by atoms with E-state index in [0.29, 0.717) is 0 Å². The van der Waals surface area contributed by atoms with Crippen LogP contribution in [0.4, 0.5) is 0 Å². The maximum Gasteiger partial charge on any atom is 0.466 e. The molecule has 0 unspecified atom stereocenters. The molecule has 0 aliphatic heterocycles. The first-order chi connectivity index (χ1) is 2.00. The average molecular weight is 299 g/mol. The predicted molar refractivity (Wildman–Crippen MR) is 14.3 cm³/mol. The van der Waals surface area contributed by atoms with Gasteiger partial charge in [0, 0.05) is 27.7 Å². The van der Waals surface area contributed by atoms with Gasteiger partial charge in [0.15, 0.2) is 0 Å². The topological polar surface area (TPSA) is 77.8 Å². The van der Waals surface area contributed by atoms with Crippen LogP contribution < -0.4 is 0 Å². The van der Waals surface area contributed by atoms with Crippen LogP contribution in [-0.2, 0) is 32.2 Å². The third-order valence-electron chi connectivity index (χ3n) is 0. The van der Waals surface area contributed by atoms with Gasteiger partial charge in [-0.15, -0.1) is 0 Å². The molecule has 6 heavy (non-hydrogen) atoms. The van der Waals surface area contributed by atoms with Crippen molar-refractivity contribution in [1.82, 2.24) is 0 Å². The Morgan fingerprint density at radius 3 is 1.17 bits per heavy atom. The second-order valence-electron chi connectivity index (χ2n) is 0.513. The van der Waals surface area contributed by atoms with Crippen LogP contribution in [0, 0.1) is 0 Å². The molecular weight excluding hydrogens is 296 g/mol. The molecule has 6 heteroatoms. The van der Waals surface area contributed by atoms with E-state index in [1.807, 2.05) is 0 Å². The molecule has 0 radical (unpaired) electrons. The Balaban J connectivity index is 0. The minimum Gasteiger partial charge on any atom is -0.303 e. The van der Waals surface area contributed by atoms with Gasteiger partial charge in [0.05, 0.1) is 0 Å². The van der Waals surface area contributed by atoms with Gasteiger partial charge in [0.1, 0.15) is 0 Å². The summed E-state index contributed by atoms with van der Waals surface area (Å²) >= 11 is 0. The second-order valence-corrected chi connectivity index (χ2v) is 1.54. The fourth-order valence-corrected chi connectivity index (χ4v) is 0. The van der Waals surface area contributed by atoms with Gasteiger partial charge in [0.25, 0.3) is 0 Å². The van der Waals surface area contributed by atoms with Crippen LogP contribution >= 0.6 is 7.82 Å². The maximum absolute atomic E-state index is 8.88. The van der Waals surface area contributed by atoms with Crippen LogP contribution in [0.5, 0.6) is 0 Å². The minimum atomic E-state index is -4.64. The zero-order chi connectivity index (χ0) is 4.50. The summed E-state index contributed by atoms with van der Waals surface area (Å²) in [6.07, 6.45) is 0. The Hall–Kier alpha value is 1.05.